The average molecular weight is 227 g/mol. The molecule has 0 aromatic carbocycles. The van der Waals surface area contributed by atoms with Crippen molar-refractivity contribution in [2.24, 2.45) is 0 Å². The van der Waals surface area contributed by atoms with E-state index in [1.54, 1.807) is 0 Å². The van der Waals surface area contributed by atoms with Crippen LogP contribution in [-0.4, -0.2) is 49.6 Å². The number of carbonyl (C=O) groups excluding carboxylic acids is 1. The third-order valence-corrected chi connectivity index (χ3v) is 3.08. The van der Waals surface area contributed by atoms with E-state index in [2.05, 4.69) is 22.5 Å². The molecule has 4 heteroatoms. The highest BCUT2D eigenvalue weighted by Gasteiger charge is 2.17. The summed E-state index contributed by atoms with van der Waals surface area (Å²) in [5.41, 5.74) is 0. The maximum absolute atomic E-state index is 11.5. The first-order valence-electron chi connectivity index (χ1n) is 6.48. The molecule has 1 heterocycles. The normalized spacial score (nSPS) is 21.1. The molecule has 1 atom stereocenters. The number of rotatable bonds is 6. The van der Waals surface area contributed by atoms with Crippen LogP contribution in [0.25, 0.3) is 0 Å². The first-order valence-corrected chi connectivity index (χ1v) is 6.48. The first kappa shape index (κ1) is 13.5. The molecule has 4 nitrogen and oxygen atoms in total. The van der Waals surface area contributed by atoms with Gasteiger partial charge in [-0.3, -0.25) is 9.69 Å². The Morgan fingerprint density at radius 2 is 2.25 bits per heavy atom. The summed E-state index contributed by atoms with van der Waals surface area (Å²) in [6, 6.07) is 0.572. The van der Waals surface area contributed by atoms with Crippen molar-refractivity contribution in [3.8, 4) is 0 Å². The summed E-state index contributed by atoms with van der Waals surface area (Å²) in [4.78, 5) is 13.7. The lowest BCUT2D eigenvalue weighted by molar-refractivity contribution is -0.122. The molecule has 2 N–H and O–H groups in total. The molecule has 1 aliphatic rings. The van der Waals surface area contributed by atoms with Crippen molar-refractivity contribution < 1.29 is 4.79 Å². The molecule has 1 unspecified atom stereocenters. The fourth-order valence-electron chi connectivity index (χ4n) is 2.15. The molecule has 1 amide bonds. The highest BCUT2D eigenvalue weighted by molar-refractivity contribution is 5.77. The fraction of sp³-hybridized carbons (Fsp3) is 0.917. The number of carbonyl (C=O) groups is 1. The van der Waals surface area contributed by atoms with Crippen LogP contribution in [0.1, 0.15) is 33.1 Å². The van der Waals surface area contributed by atoms with Crippen molar-refractivity contribution >= 4 is 5.91 Å². The number of hydrogen-bond donors (Lipinski definition) is 2. The highest BCUT2D eigenvalue weighted by atomic mass is 16.2. The molecule has 0 spiro atoms. The van der Waals surface area contributed by atoms with Crippen LogP contribution in [0, 0.1) is 0 Å². The summed E-state index contributed by atoms with van der Waals surface area (Å²) in [5, 5.41) is 6.36. The third kappa shape index (κ3) is 4.94. The van der Waals surface area contributed by atoms with Gasteiger partial charge in [0.05, 0.1) is 6.54 Å². The Bertz CT molecular complexity index is 202. The topological polar surface area (TPSA) is 44.4 Å². The number of hydrogen-bond acceptors (Lipinski definition) is 3. The van der Waals surface area contributed by atoms with Gasteiger partial charge in [0.2, 0.25) is 5.91 Å². The molecule has 0 bridgehead atoms. The third-order valence-electron chi connectivity index (χ3n) is 3.08. The monoisotopic (exact) mass is 227 g/mol. The Balaban J connectivity index is 2.27. The number of nitrogens with zero attached hydrogens (tertiary/aromatic N) is 1. The van der Waals surface area contributed by atoms with Gasteiger partial charge in [-0.15, -0.1) is 0 Å². The van der Waals surface area contributed by atoms with E-state index in [0.29, 0.717) is 12.6 Å². The summed E-state index contributed by atoms with van der Waals surface area (Å²) >= 11 is 0. The van der Waals surface area contributed by atoms with Crippen LogP contribution in [0.15, 0.2) is 0 Å². The summed E-state index contributed by atoms with van der Waals surface area (Å²) in [7, 11) is 0. The second-order valence-electron chi connectivity index (χ2n) is 4.43. The summed E-state index contributed by atoms with van der Waals surface area (Å²) < 4.78 is 0. The van der Waals surface area contributed by atoms with Crippen LogP contribution in [0.5, 0.6) is 0 Å². The second kappa shape index (κ2) is 7.63. The van der Waals surface area contributed by atoms with Gasteiger partial charge in [-0.25, -0.2) is 0 Å². The van der Waals surface area contributed by atoms with Gasteiger partial charge >= 0.3 is 0 Å². The van der Waals surface area contributed by atoms with Crippen LogP contribution < -0.4 is 10.6 Å². The van der Waals surface area contributed by atoms with E-state index in [1.165, 1.54) is 19.3 Å². The van der Waals surface area contributed by atoms with Crippen LogP contribution in [-0.2, 0) is 4.79 Å². The largest absolute Gasteiger partial charge is 0.355 e. The van der Waals surface area contributed by atoms with E-state index in [4.69, 9.17) is 0 Å². The summed E-state index contributed by atoms with van der Waals surface area (Å²) in [6.45, 7) is 8.38. The van der Waals surface area contributed by atoms with Crippen LogP contribution >= 0.6 is 0 Å². The zero-order valence-corrected chi connectivity index (χ0v) is 10.6. The molecule has 0 aromatic rings. The second-order valence-corrected chi connectivity index (χ2v) is 4.43. The van der Waals surface area contributed by atoms with Gasteiger partial charge in [-0.05, 0) is 32.9 Å². The molecule has 94 valence electrons. The maximum atomic E-state index is 11.5. The molecule has 1 saturated heterocycles. The van der Waals surface area contributed by atoms with Crippen molar-refractivity contribution in [2.45, 2.75) is 39.2 Å². The van der Waals surface area contributed by atoms with E-state index >= 15 is 0 Å². The van der Waals surface area contributed by atoms with Crippen molar-refractivity contribution in [1.82, 2.24) is 15.5 Å². The molecule has 16 heavy (non-hydrogen) atoms. The van der Waals surface area contributed by atoms with Crippen molar-refractivity contribution in [2.75, 3.05) is 32.7 Å². The maximum Gasteiger partial charge on any atom is 0.234 e. The highest BCUT2D eigenvalue weighted by Crippen LogP contribution is 2.08. The minimum absolute atomic E-state index is 0.139. The standard InChI is InChI=1S/C12H25N3O/c1-3-13-12(16)10-15(4-2)9-11-7-5-6-8-14-11/h11,14H,3-10H2,1-2H3,(H,13,16). The molecule has 0 aromatic heterocycles. The van der Waals surface area contributed by atoms with Crippen LogP contribution in [0.2, 0.25) is 0 Å². The van der Waals surface area contributed by atoms with Crippen molar-refractivity contribution in [3.05, 3.63) is 0 Å². The average Bonchev–Trinajstić information content (AvgIpc) is 2.30. The minimum Gasteiger partial charge on any atom is -0.355 e. The van der Waals surface area contributed by atoms with Gasteiger partial charge in [0.25, 0.3) is 0 Å². The number of amides is 1. The molecular weight excluding hydrogens is 202 g/mol. The fourth-order valence-corrected chi connectivity index (χ4v) is 2.15. The Kier molecular flexibility index (Phi) is 6.42. The lowest BCUT2D eigenvalue weighted by Crippen LogP contribution is -2.46. The van der Waals surface area contributed by atoms with Crippen LogP contribution in [0.3, 0.4) is 0 Å². The van der Waals surface area contributed by atoms with E-state index < -0.39 is 0 Å². The molecule has 0 saturated carbocycles. The number of piperidine rings is 1. The quantitative estimate of drug-likeness (QED) is 0.698. The van der Waals surface area contributed by atoms with Gasteiger partial charge in [-0.2, -0.15) is 0 Å². The number of nitrogens with one attached hydrogen (secondary N) is 2. The van der Waals surface area contributed by atoms with Gasteiger partial charge in [0.1, 0.15) is 0 Å². The van der Waals surface area contributed by atoms with Gasteiger partial charge in [0.15, 0.2) is 0 Å². The van der Waals surface area contributed by atoms with Gasteiger partial charge < -0.3 is 10.6 Å². The lowest BCUT2D eigenvalue weighted by Gasteiger charge is -2.29. The van der Waals surface area contributed by atoms with E-state index in [9.17, 15) is 4.79 Å². The minimum atomic E-state index is 0.139. The first-order chi connectivity index (χ1) is 7.76. The van der Waals surface area contributed by atoms with Gasteiger partial charge in [-0.1, -0.05) is 13.3 Å². The van der Waals surface area contributed by atoms with Crippen molar-refractivity contribution in [1.29, 1.82) is 0 Å². The molecule has 1 rings (SSSR count). The lowest BCUT2D eigenvalue weighted by atomic mass is 10.0. The predicted octanol–water partition coefficient (Wildman–Crippen LogP) is 0.587. The Morgan fingerprint density at radius 3 is 2.81 bits per heavy atom. The van der Waals surface area contributed by atoms with Crippen molar-refractivity contribution in [3.63, 3.8) is 0 Å². The Morgan fingerprint density at radius 1 is 1.44 bits per heavy atom. The Labute approximate surface area is 98.8 Å². The van der Waals surface area contributed by atoms with E-state index in [1.807, 2.05) is 6.92 Å². The molecule has 1 aliphatic heterocycles. The molecule has 0 aliphatic carbocycles. The molecular formula is C12H25N3O. The van der Waals surface area contributed by atoms with Crippen LogP contribution in [0.4, 0.5) is 0 Å². The molecule has 1 fully saturated rings. The SMILES string of the molecule is CCNC(=O)CN(CC)CC1CCCCN1. The zero-order chi connectivity index (χ0) is 11.8. The summed E-state index contributed by atoms with van der Waals surface area (Å²) in [5.74, 6) is 0.139. The summed E-state index contributed by atoms with van der Waals surface area (Å²) in [6.07, 6.45) is 3.85. The van der Waals surface area contributed by atoms with Gasteiger partial charge in [0, 0.05) is 19.1 Å². The molecule has 0 radical (unpaired) electrons. The van der Waals surface area contributed by atoms with E-state index in [-0.39, 0.29) is 5.91 Å². The zero-order valence-electron chi connectivity index (χ0n) is 10.6. The Hall–Kier alpha value is -0.610. The van der Waals surface area contributed by atoms with E-state index in [0.717, 1.165) is 26.2 Å². The predicted molar refractivity (Wildman–Crippen MR) is 66.4 cm³/mol. The number of likely N-dealkylation sites (N-methyl/N-ethyl adjacent to an activating group) is 2. The smallest absolute Gasteiger partial charge is 0.234 e.